The number of carbonyl (C=O) groups excluding carboxylic acids is 1. The molecule has 0 unspecified atom stereocenters. The Morgan fingerprint density at radius 2 is 2.00 bits per heavy atom. The first-order valence-corrected chi connectivity index (χ1v) is 9.77. The summed E-state index contributed by atoms with van der Waals surface area (Å²) < 4.78 is 1.78. The van der Waals surface area contributed by atoms with Crippen molar-refractivity contribution in [1.29, 1.82) is 0 Å². The monoisotopic (exact) mass is 383 g/mol. The number of carboxylic acid groups (broad SMARTS) is 1. The molecular weight excluding hydrogens is 362 g/mol. The van der Waals surface area contributed by atoms with Crippen molar-refractivity contribution in [2.24, 2.45) is 7.05 Å². The van der Waals surface area contributed by atoms with Crippen molar-refractivity contribution in [3.63, 3.8) is 0 Å². The Labute approximate surface area is 161 Å². The zero-order chi connectivity index (χ0) is 19.2. The lowest BCUT2D eigenvalue weighted by atomic mass is 10.1. The molecule has 7 heteroatoms. The Morgan fingerprint density at radius 1 is 1.19 bits per heavy atom. The Hall–Kier alpha value is -2.80. The van der Waals surface area contributed by atoms with Crippen molar-refractivity contribution in [1.82, 2.24) is 9.78 Å². The minimum absolute atomic E-state index is 0.116. The van der Waals surface area contributed by atoms with E-state index in [4.69, 9.17) is 5.11 Å². The first kappa shape index (κ1) is 19.0. The van der Waals surface area contributed by atoms with E-state index in [1.807, 2.05) is 55.6 Å². The Morgan fingerprint density at radius 3 is 2.81 bits per heavy atom. The minimum atomic E-state index is -0.787. The molecule has 140 valence electrons. The largest absolute Gasteiger partial charge is 0.481 e. The van der Waals surface area contributed by atoms with Gasteiger partial charge in [-0.1, -0.05) is 30.3 Å². The molecule has 0 atom stereocenters. The molecule has 0 radical (unpaired) electrons. The van der Waals surface area contributed by atoms with E-state index < -0.39 is 5.97 Å². The number of aromatic nitrogens is 2. The maximum Gasteiger partial charge on any atom is 0.304 e. The maximum absolute atomic E-state index is 12.5. The molecule has 0 saturated carbocycles. The summed E-state index contributed by atoms with van der Waals surface area (Å²) >= 11 is 1.56. The Balaban J connectivity index is 1.60. The first-order chi connectivity index (χ1) is 13.0. The van der Waals surface area contributed by atoms with Crippen molar-refractivity contribution in [3.05, 3.63) is 59.8 Å². The number of hydrogen-bond acceptors (Lipinski definition) is 4. The zero-order valence-electron chi connectivity index (χ0n) is 15.0. The van der Waals surface area contributed by atoms with Crippen molar-refractivity contribution in [2.45, 2.75) is 18.6 Å². The third kappa shape index (κ3) is 5.10. The minimum Gasteiger partial charge on any atom is -0.481 e. The van der Waals surface area contributed by atoms with Gasteiger partial charge in [0.2, 0.25) is 5.91 Å². The van der Waals surface area contributed by atoms with Gasteiger partial charge < -0.3 is 10.4 Å². The summed E-state index contributed by atoms with van der Waals surface area (Å²) in [5.41, 5.74) is 3.54. The maximum atomic E-state index is 12.5. The van der Waals surface area contributed by atoms with Crippen LogP contribution in [0.25, 0.3) is 10.9 Å². The molecule has 0 bridgehead atoms. The van der Waals surface area contributed by atoms with Crippen molar-refractivity contribution >= 4 is 40.2 Å². The number of carbonyl (C=O) groups is 2. The standard InChI is InChI=1S/C20H21N3O3S/c1-23-18-8-3-2-7-16(18)17(22-23)12-19(24)21-15-6-4-5-14(11-15)13-27-10-9-20(25)26/h2-8,11H,9-10,12-13H2,1H3,(H,21,24)(H,25,26). The van der Waals surface area contributed by atoms with Crippen molar-refractivity contribution in [3.8, 4) is 0 Å². The highest BCUT2D eigenvalue weighted by molar-refractivity contribution is 7.98. The molecule has 1 aromatic heterocycles. The number of carboxylic acids is 1. The van der Waals surface area contributed by atoms with E-state index in [0.717, 1.165) is 27.8 Å². The van der Waals surface area contributed by atoms with Crippen LogP contribution >= 0.6 is 11.8 Å². The summed E-state index contributed by atoms with van der Waals surface area (Å²) in [6.45, 7) is 0. The van der Waals surface area contributed by atoms with Gasteiger partial charge in [-0.05, 0) is 23.8 Å². The van der Waals surface area contributed by atoms with Crippen molar-refractivity contribution in [2.75, 3.05) is 11.1 Å². The number of anilines is 1. The average Bonchev–Trinajstić information content (AvgIpc) is 2.95. The molecule has 0 aliphatic rings. The lowest BCUT2D eigenvalue weighted by Gasteiger charge is -2.07. The number of benzene rings is 2. The Kier molecular flexibility index (Phi) is 6.13. The SMILES string of the molecule is Cn1nc(CC(=O)Nc2cccc(CSCCC(=O)O)c2)c2ccccc21. The predicted molar refractivity (Wildman–Crippen MR) is 108 cm³/mol. The fourth-order valence-corrected chi connectivity index (χ4v) is 3.74. The van der Waals surface area contributed by atoms with Crippen LogP contribution in [0.1, 0.15) is 17.7 Å². The van der Waals surface area contributed by atoms with E-state index >= 15 is 0 Å². The van der Waals surface area contributed by atoms with Crippen LogP contribution in [-0.4, -0.2) is 32.5 Å². The third-order valence-electron chi connectivity index (χ3n) is 4.10. The van der Waals surface area contributed by atoms with Crippen LogP contribution in [0.2, 0.25) is 0 Å². The topological polar surface area (TPSA) is 84.2 Å². The van der Waals surface area contributed by atoms with Crippen LogP contribution in [0, 0.1) is 0 Å². The van der Waals surface area contributed by atoms with E-state index in [9.17, 15) is 9.59 Å². The second kappa shape index (κ2) is 8.73. The quantitative estimate of drug-likeness (QED) is 0.582. The van der Waals surface area contributed by atoms with Gasteiger partial charge in [0.15, 0.2) is 0 Å². The average molecular weight is 383 g/mol. The fraction of sp³-hybridized carbons (Fsp3) is 0.250. The molecule has 2 aromatic carbocycles. The van der Waals surface area contributed by atoms with Crippen LogP contribution in [-0.2, 0) is 28.8 Å². The highest BCUT2D eigenvalue weighted by Gasteiger charge is 2.12. The molecule has 0 aliphatic heterocycles. The lowest BCUT2D eigenvalue weighted by Crippen LogP contribution is -2.15. The van der Waals surface area contributed by atoms with Crippen LogP contribution in [0.3, 0.4) is 0 Å². The van der Waals surface area contributed by atoms with Crippen LogP contribution in [0.4, 0.5) is 5.69 Å². The number of nitrogens with zero attached hydrogens (tertiary/aromatic N) is 2. The number of thioether (sulfide) groups is 1. The molecule has 0 fully saturated rings. The number of amides is 1. The lowest BCUT2D eigenvalue weighted by molar-refractivity contribution is -0.136. The van der Waals surface area contributed by atoms with Gasteiger partial charge in [-0.2, -0.15) is 16.9 Å². The molecule has 0 spiro atoms. The van der Waals surface area contributed by atoms with Gasteiger partial charge in [-0.3, -0.25) is 14.3 Å². The number of fused-ring (bicyclic) bond motifs is 1. The summed E-state index contributed by atoms with van der Waals surface area (Å²) in [7, 11) is 1.87. The van der Waals surface area contributed by atoms with Crippen LogP contribution < -0.4 is 5.32 Å². The molecule has 6 nitrogen and oxygen atoms in total. The summed E-state index contributed by atoms with van der Waals surface area (Å²) in [6.07, 6.45) is 0.359. The van der Waals surface area contributed by atoms with Gasteiger partial charge in [0.1, 0.15) is 0 Å². The third-order valence-corrected chi connectivity index (χ3v) is 5.13. The normalized spacial score (nSPS) is 10.9. The number of rotatable bonds is 8. The van der Waals surface area contributed by atoms with Gasteiger partial charge >= 0.3 is 5.97 Å². The number of hydrogen-bond donors (Lipinski definition) is 2. The molecule has 2 N–H and O–H groups in total. The van der Waals surface area contributed by atoms with Gasteiger partial charge in [0.05, 0.1) is 24.1 Å². The molecule has 3 rings (SSSR count). The summed E-state index contributed by atoms with van der Waals surface area (Å²) in [6, 6.07) is 15.5. The van der Waals surface area contributed by atoms with Crippen molar-refractivity contribution < 1.29 is 14.7 Å². The first-order valence-electron chi connectivity index (χ1n) is 8.62. The van der Waals surface area contributed by atoms with Gasteiger partial charge in [-0.25, -0.2) is 0 Å². The molecule has 0 aliphatic carbocycles. The van der Waals surface area contributed by atoms with E-state index in [2.05, 4.69) is 10.4 Å². The second-order valence-corrected chi connectivity index (χ2v) is 7.31. The van der Waals surface area contributed by atoms with Gasteiger partial charge in [0, 0.05) is 29.6 Å². The summed E-state index contributed by atoms with van der Waals surface area (Å²) in [5.74, 6) is 0.376. The number of para-hydroxylation sites is 1. The highest BCUT2D eigenvalue weighted by atomic mass is 32.2. The molecule has 1 heterocycles. The molecular formula is C20H21N3O3S. The van der Waals surface area contributed by atoms with Gasteiger partial charge in [0.25, 0.3) is 0 Å². The number of nitrogens with one attached hydrogen (secondary N) is 1. The Bertz CT molecular complexity index is 968. The summed E-state index contributed by atoms with van der Waals surface area (Å²) in [5, 5.41) is 17.0. The predicted octanol–water partition coefficient (Wildman–Crippen LogP) is 3.46. The zero-order valence-corrected chi connectivity index (χ0v) is 15.8. The van der Waals surface area contributed by atoms with E-state index in [-0.39, 0.29) is 18.7 Å². The van der Waals surface area contributed by atoms with Crippen LogP contribution in [0.15, 0.2) is 48.5 Å². The highest BCUT2D eigenvalue weighted by Crippen LogP contribution is 2.20. The molecule has 3 aromatic rings. The molecule has 27 heavy (non-hydrogen) atoms. The molecule has 0 saturated heterocycles. The molecule has 1 amide bonds. The van der Waals surface area contributed by atoms with Crippen LogP contribution in [0.5, 0.6) is 0 Å². The van der Waals surface area contributed by atoms with Gasteiger partial charge in [-0.15, -0.1) is 0 Å². The second-order valence-electron chi connectivity index (χ2n) is 6.21. The van der Waals surface area contributed by atoms with E-state index in [0.29, 0.717) is 11.5 Å². The smallest absolute Gasteiger partial charge is 0.304 e. The van der Waals surface area contributed by atoms with E-state index in [1.165, 1.54) is 0 Å². The van der Waals surface area contributed by atoms with E-state index in [1.54, 1.807) is 16.4 Å². The number of aryl methyl sites for hydroxylation is 1. The summed E-state index contributed by atoms with van der Waals surface area (Å²) in [4.78, 5) is 23.0. The number of aliphatic carboxylic acids is 1. The fourth-order valence-electron chi connectivity index (χ4n) is 2.86.